The van der Waals surface area contributed by atoms with Gasteiger partial charge in [-0.15, -0.1) is 0 Å². The van der Waals surface area contributed by atoms with E-state index in [2.05, 4.69) is 18.6 Å². The van der Waals surface area contributed by atoms with Crippen LogP contribution in [0.3, 0.4) is 0 Å². The van der Waals surface area contributed by atoms with Crippen molar-refractivity contribution < 1.29 is 18.3 Å². The predicted molar refractivity (Wildman–Crippen MR) is 119 cm³/mol. The van der Waals surface area contributed by atoms with Gasteiger partial charge in [0.25, 0.3) is 0 Å². The summed E-state index contributed by atoms with van der Waals surface area (Å²) >= 11 is 0. The molecule has 30 heavy (non-hydrogen) atoms. The number of rotatable bonds is 8. The molecule has 156 valence electrons. The molecule has 2 aliphatic carbocycles. The quantitative estimate of drug-likeness (QED) is 0.515. The molecule has 0 heterocycles. The smallest absolute Gasteiger partial charge is 0.336 e. The van der Waals surface area contributed by atoms with Gasteiger partial charge in [-0.1, -0.05) is 68.5 Å². The minimum Gasteiger partial charge on any atom is -0.478 e. The molecule has 0 saturated heterocycles. The number of hydrogen-bond donors (Lipinski definition) is 2. The summed E-state index contributed by atoms with van der Waals surface area (Å²) in [5.41, 5.74) is 3.93. The summed E-state index contributed by atoms with van der Waals surface area (Å²) in [5, 5.41) is 9.57. The second-order valence-electron chi connectivity index (χ2n) is 7.38. The Labute approximate surface area is 177 Å². The molecule has 0 spiro atoms. The van der Waals surface area contributed by atoms with Gasteiger partial charge in [0.2, 0.25) is 10.0 Å². The van der Waals surface area contributed by atoms with Crippen molar-refractivity contribution in [2.75, 3.05) is 6.54 Å². The van der Waals surface area contributed by atoms with E-state index in [9.17, 15) is 18.3 Å². The molecule has 2 aliphatic rings. The van der Waals surface area contributed by atoms with Gasteiger partial charge in [0.1, 0.15) is 0 Å². The van der Waals surface area contributed by atoms with Gasteiger partial charge in [0.05, 0.1) is 10.5 Å². The number of benzene rings is 1. The summed E-state index contributed by atoms with van der Waals surface area (Å²) in [6.07, 6.45) is 4.10. The highest BCUT2D eigenvalue weighted by Crippen LogP contribution is 2.33. The van der Waals surface area contributed by atoms with Crippen molar-refractivity contribution in [3.05, 3.63) is 89.5 Å². The molecule has 6 heteroatoms. The average Bonchev–Trinajstić information content (AvgIpc) is 2.91. The Kier molecular flexibility index (Phi) is 6.70. The lowest BCUT2D eigenvalue weighted by Gasteiger charge is -2.04. The van der Waals surface area contributed by atoms with Gasteiger partial charge >= 0.3 is 5.97 Å². The monoisotopic (exact) mass is 423 g/mol. The maximum atomic E-state index is 12.2. The number of carboxylic acid groups (broad SMARTS) is 1. The van der Waals surface area contributed by atoms with Crippen LogP contribution in [0.5, 0.6) is 0 Å². The standard InChI is InChI=1S/C24H25NO4S/c1-17(2)18-11-13-21-19(16-23(24(26)27)22(21)14-12-18)8-6-7-15-25-30(28,29)20-9-4-3-5-10-20/h3-7,9-14,16-17,25H,8,15H2,1-2H3,(H,26,27)/b7-6+. The molecule has 0 fully saturated rings. The number of sulfonamides is 1. The van der Waals surface area contributed by atoms with Crippen LogP contribution in [0.25, 0.3) is 11.1 Å². The van der Waals surface area contributed by atoms with E-state index in [1.807, 2.05) is 30.3 Å². The predicted octanol–water partition coefficient (Wildman–Crippen LogP) is 4.69. The van der Waals surface area contributed by atoms with Crippen LogP contribution >= 0.6 is 0 Å². The van der Waals surface area contributed by atoms with E-state index in [1.54, 1.807) is 42.5 Å². The maximum Gasteiger partial charge on any atom is 0.336 e. The molecule has 2 N–H and O–H groups in total. The normalized spacial score (nSPS) is 12.1. The van der Waals surface area contributed by atoms with E-state index in [4.69, 9.17) is 0 Å². The van der Waals surface area contributed by atoms with Gasteiger partial charge in [-0.2, -0.15) is 0 Å². The molecule has 1 aromatic carbocycles. The lowest BCUT2D eigenvalue weighted by molar-refractivity contribution is 0.0698. The van der Waals surface area contributed by atoms with Crippen molar-refractivity contribution in [1.82, 2.24) is 4.72 Å². The van der Waals surface area contributed by atoms with Crippen LogP contribution in [0.1, 0.15) is 41.3 Å². The molecule has 0 atom stereocenters. The van der Waals surface area contributed by atoms with Crippen molar-refractivity contribution in [1.29, 1.82) is 0 Å². The molecule has 0 unspecified atom stereocenters. The fourth-order valence-corrected chi connectivity index (χ4v) is 4.30. The zero-order valence-electron chi connectivity index (χ0n) is 17.0. The Hall–Kier alpha value is -2.96. The van der Waals surface area contributed by atoms with Gasteiger partial charge < -0.3 is 5.11 Å². The number of nitrogens with one attached hydrogen (secondary N) is 1. The van der Waals surface area contributed by atoms with E-state index in [1.165, 1.54) is 0 Å². The summed E-state index contributed by atoms with van der Waals surface area (Å²) in [6, 6.07) is 17.7. The zero-order valence-corrected chi connectivity index (χ0v) is 17.8. The third-order valence-corrected chi connectivity index (χ3v) is 6.42. The lowest BCUT2D eigenvalue weighted by atomic mass is 10.1. The Bertz CT molecular complexity index is 1140. The first-order valence-corrected chi connectivity index (χ1v) is 11.3. The number of fused-ring (bicyclic) bond motifs is 1. The van der Waals surface area contributed by atoms with Crippen molar-refractivity contribution >= 4 is 16.0 Å². The topological polar surface area (TPSA) is 83.5 Å². The van der Waals surface area contributed by atoms with Crippen LogP contribution < -0.4 is 4.72 Å². The molecule has 0 bridgehead atoms. The lowest BCUT2D eigenvalue weighted by Crippen LogP contribution is -2.23. The van der Waals surface area contributed by atoms with Gasteiger partial charge in [-0.05, 0) is 52.8 Å². The minimum atomic E-state index is -3.55. The van der Waals surface area contributed by atoms with Crippen LogP contribution in [0.4, 0.5) is 0 Å². The van der Waals surface area contributed by atoms with E-state index >= 15 is 0 Å². The summed E-state index contributed by atoms with van der Waals surface area (Å²) in [5.74, 6) is -0.612. The molecule has 3 rings (SSSR count). The average molecular weight is 424 g/mol. The SMILES string of the molecule is CC(C)c1ccc2c(C/C=C/CNS(=O)(=O)c3ccccc3)cc(C(=O)O)c-2cc1. The van der Waals surface area contributed by atoms with Crippen LogP contribution in [0, 0.1) is 0 Å². The highest BCUT2D eigenvalue weighted by molar-refractivity contribution is 7.89. The summed E-state index contributed by atoms with van der Waals surface area (Å²) in [4.78, 5) is 11.9. The summed E-state index contributed by atoms with van der Waals surface area (Å²) < 4.78 is 27.0. The summed E-state index contributed by atoms with van der Waals surface area (Å²) in [7, 11) is -3.55. The Balaban J connectivity index is 1.75. The van der Waals surface area contributed by atoms with Crippen LogP contribution in [0.15, 0.2) is 77.7 Å². The number of allylic oxidation sites excluding steroid dienone is 1. The van der Waals surface area contributed by atoms with E-state index in [-0.39, 0.29) is 17.0 Å². The molecule has 5 nitrogen and oxygen atoms in total. The second kappa shape index (κ2) is 9.24. The fourth-order valence-electron chi connectivity index (χ4n) is 3.30. The number of carbonyl (C=O) groups is 1. The van der Waals surface area contributed by atoms with Gasteiger partial charge in [0.15, 0.2) is 0 Å². The van der Waals surface area contributed by atoms with Crippen LogP contribution in [0.2, 0.25) is 0 Å². The van der Waals surface area contributed by atoms with Crippen molar-refractivity contribution in [2.45, 2.75) is 31.1 Å². The first-order chi connectivity index (χ1) is 14.3. The second-order valence-corrected chi connectivity index (χ2v) is 9.14. The molecule has 0 aromatic heterocycles. The van der Waals surface area contributed by atoms with E-state index in [0.717, 1.165) is 16.7 Å². The Morgan fingerprint density at radius 2 is 1.67 bits per heavy atom. The highest BCUT2D eigenvalue weighted by atomic mass is 32.2. The molecule has 0 radical (unpaired) electrons. The number of aromatic carboxylic acids is 1. The molecule has 0 amide bonds. The highest BCUT2D eigenvalue weighted by Gasteiger charge is 2.19. The van der Waals surface area contributed by atoms with Gasteiger partial charge in [0, 0.05) is 6.54 Å². The van der Waals surface area contributed by atoms with Crippen molar-refractivity contribution in [3.63, 3.8) is 0 Å². The molecular formula is C24H25NO4S. The van der Waals surface area contributed by atoms with Crippen LogP contribution in [-0.4, -0.2) is 26.0 Å². The minimum absolute atomic E-state index is 0.160. The Morgan fingerprint density at radius 1 is 1.00 bits per heavy atom. The zero-order chi connectivity index (χ0) is 21.7. The molecule has 1 aromatic rings. The van der Waals surface area contributed by atoms with E-state index in [0.29, 0.717) is 17.9 Å². The summed E-state index contributed by atoms with van der Waals surface area (Å²) in [6.45, 7) is 4.35. The number of carboxylic acids is 1. The van der Waals surface area contributed by atoms with E-state index < -0.39 is 16.0 Å². The fraction of sp³-hybridized carbons (Fsp3) is 0.208. The molecule has 0 saturated carbocycles. The van der Waals surface area contributed by atoms with Crippen molar-refractivity contribution in [2.24, 2.45) is 0 Å². The van der Waals surface area contributed by atoms with Crippen molar-refractivity contribution in [3.8, 4) is 11.1 Å². The third-order valence-electron chi connectivity index (χ3n) is 4.98. The molecular weight excluding hydrogens is 398 g/mol. The Morgan fingerprint density at radius 3 is 2.30 bits per heavy atom. The first-order valence-electron chi connectivity index (χ1n) is 9.78. The van der Waals surface area contributed by atoms with Crippen LogP contribution in [-0.2, 0) is 16.4 Å². The van der Waals surface area contributed by atoms with Gasteiger partial charge in [-0.3, -0.25) is 0 Å². The number of hydrogen-bond acceptors (Lipinski definition) is 3. The largest absolute Gasteiger partial charge is 0.478 e. The maximum absolute atomic E-state index is 12.2. The first kappa shape index (κ1) is 21.7. The third kappa shape index (κ3) is 4.96. The molecule has 0 aliphatic heterocycles. The van der Waals surface area contributed by atoms with Gasteiger partial charge in [-0.25, -0.2) is 17.9 Å².